The van der Waals surface area contributed by atoms with Gasteiger partial charge in [0.05, 0.1) is 6.42 Å². The largest absolute Gasteiger partial charge is 0.481 e. The van der Waals surface area contributed by atoms with Crippen molar-refractivity contribution >= 4 is 23.2 Å². The van der Waals surface area contributed by atoms with E-state index >= 15 is 0 Å². The number of anilines is 2. The van der Waals surface area contributed by atoms with Crippen LogP contribution in [0.2, 0.25) is 0 Å². The van der Waals surface area contributed by atoms with Gasteiger partial charge in [-0.05, 0) is 55.3 Å². The van der Waals surface area contributed by atoms with Crippen LogP contribution in [0.15, 0.2) is 78.9 Å². The summed E-state index contributed by atoms with van der Waals surface area (Å²) in [5.41, 5.74) is 3.22. The molecule has 0 fully saturated rings. The molecule has 0 aliphatic rings. The van der Waals surface area contributed by atoms with E-state index in [4.69, 9.17) is 4.74 Å². The number of aryl methyl sites for hydroxylation is 1. The van der Waals surface area contributed by atoms with E-state index in [-0.39, 0.29) is 11.8 Å². The van der Waals surface area contributed by atoms with Gasteiger partial charge >= 0.3 is 0 Å². The van der Waals surface area contributed by atoms with E-state index < -0.39 is 6.10 Å². The van der Waals surface area contributed by atoms with Crippen molar-refractivity contribution in [2.24, 2.45) is 0 Å². The zero-order valence-electron chi connectivity index (χ0n) is 16.5. The minimum absolute atomic E-state index is 0.115. The van der Waals surface area contributed by atoms with Crippen molar-refractivity contribution in [3.05, 3.63) is 90.0 Å². The van der Waals surface area contributed by atoms with E-state index in [0.29, 0.717) is 23.5 Å². The summed E-state index contributed by atoms with van der Waals surface area (Å²) in [4.78, 5) is 24.7. The number of amides is 2. The molecular formula is C24H24N2O3. The standard InChI is InChI=1S/C24H24N2O3/c1-17-8-6-13-22(14-17)29-18(2)24(28)26-21-12-7-11-20(16-21)25-23(27)15-19-9-4-3-5-10-19/h3-14,16,18H,15H2,1-2H3,(H,25,27)(H,26,28). The van der Waals surface area contributed by atoms with Gasteiger partial charge in [-0.15, -0.1) is 0 Å². The molecular weight excluding hydrogens is 364 g/mol. The minimum Gasteiger partial charge on any atom is -0.481 e. The highest BCUT2D eigenvalue weighted by molar-refractivity contribution is 5.96. The molecule has 5 nitrogen and oxygen atoms in total. The maximum Gasteiger partial charge on any atom is 0.265 e. The van der Waals surface area contributed by atoms with Crippen molar-refractivity contribution in [3.63, 3.8) is 0 Å². The SMILES string of the molecule is Cc1cccc(OC(C)C(=O)Nc2cccc(NC(=O)Cc3ccccc3)c2)c1. The maximum absolute atomic E-state index is 12.5. The summed E-state index contributed by atoms with van der Waals surface area (Å²) in [6.07, 6.45) is -0.369. The van der Waals surface area contributed by atoms with E-state index in [1.807, 2.05) is 61.5 Å². The van der Waals surface area contributed by atoms with Crippen LogP contribution in [0.1, 0.15) is 18.1 Å². The highest BCUT2D eigenvalue weighted by Gasteiger charge is 2.15. The normalized spacial score (nSPS) is 11.4. The molecule has 29 heavy (non-hydrogen) atoms. The first-order valence-electron chi connectivity index (χ1n) is 9.47. The molecule has 0 bridgehead atoms. The molecule has 5 heteroatoms. The van der Waals surface area contributed by atoms with Gasteiger partial charge in [0.25, 0.3) is 5.91 Å². The summed E-state index contributed by atoms with van der Waals surface area (Å²) in [6, 6.07) is 24.1. The topological polar surface area (TPSA) is 67.4 Å². The van der Waals surface area contributed by atoms with Crippen molar-refractivity contribution in [2.75, 3.05) is 10.6 Å². The Kier molecular flexibility index (Phi) is 6.63. The molecule has 0 spiro atoms. The molecule has 0 aliphatic carbocycles. The van der Waals surface area contributed by atoms with Crippen LogP contribution in [0.5, 0.6) is 5.75 Å². The molecule has 1 atom stereocenters. The van der Waals surface area contributed by atoms with E-state index in [1.54, 1.807) is 31.2 Å². The lowest BCUT2D eigenvalue weighted by atomic mass is 10.1. The summed E-state index contributed by atoms with van der Waals surface area (Å²) in [6.45, 7) is 3.67. The second-order valence-electron chi connectivity index (χ2n) is 6.86. The van der Waals surface area contributed by atoms with Crippen molar-refractivity contribution in [1.82, 2.24) is 0 Å². The third-order valence-corrected chi connectivity index (χ3v) is 4.29. The molecule has 148 valence electrons. The van der Waals surface area contributed by atoms with Gasteiger partial charge in [0.2, 0.25) is 5.91 Å². The predicted octanol–water partition coefficient (Wildman–Crippen LogP) is 4.58. The summed E-state index contributed by atoms with van der Waals surface area (Å²) in [5.74, 6) is 0.268. The molecule has 3 aromatic carbocycles. The van der Waals surface area contributed by atoms with Crippen LogP contribution in [0.4, 0.5) is 11.4 Å². The van der Waals surface area contributed by atoms with Crippen molar-refractivity contribution in [1.29, 1.82) is 0 Å². The number of hydrogen-bond donors (Lipinski definition) is 2. The van der Waals surface area contributed by atoms with Gasteiger partial charge in [0, 0.05) is 11.4 Å². The highest BCUT2D eigenvalue weighted by Crippen LogP contribution is 2.18. The Balaban J connectivity index is 1.57. The van der Waals surface area contributed by atoms with Gasteiger partial charge in [0.15, 0.2) is 6.10 Å². The first-order valence-corrected chi connectivity index (χ1v) is 9.47. The minimum atomic E-state index is -0.659. The summed E-state index contributed by atoms with van der Waals surface area (Å²) in [5, 5.41) is 5.68. The maximum atomic E-state index is 12.5. The molecule has 2 N–H and O–H groups in total. The summed E-state index contributed by atoms with van der Waals surface area (Å²) >= 11 is 0. The lowest BCUT2D eigenvalue weighted by molar-refractivity contribution is -0.122. The number of benzene rings is 3. The van der Waals surface area contributed by atoms with Crippen LogP contribution in [-0.2, 0) is 16.0 Å². The number of carbonyl (C=O) groups excluding carboxylic acids is 2. The lowest BCUT2D eigenvalue weighted by Gasteiger charge is -2.15. The van der Waals surface area contributed by atoms with Gasteiger partial charge in [-0.2, -0.15) is 0 Å². The zero-order valence-corrected chi connectivity index (χ0v) is 16.5. The molecule has 2 amide bonds. The molecule has 0 saturated carbocycles. The van der Waals surface area contributed by atoms with Crippen LogP contribution in [0.3, 0.4) is 0 Å². The Labute approximate surface area is 170 Å². The Morgan fingerprint density at radius 3 is 2.28 bits per heavy atom. The third kappa shape index (κ3) is 6.21. The smallest absolute Gasteiger partial charge is 0.265 e. The average molecular weight is 388 g/mol. The fourth-order valence-electron chi connectivity index (χ4n) is 2.85. The van der Waals surface area contributed by atoms with E-state index in [0.717, 1.165) is 11.1 Å². The molecule has 3 aromatic rings. The monoisotopic (exact) mass is 388 g/mol. The molecule has 3 rings (SSSR count). The molecule has 1 unspecified atom stereocenters. The molecule has 0 heterocycles. The first-order chi connectivity index (χ1) is 14.0. The Morgan fingerprint density at radius 1 is 0.862 bits per heavy atom. The van der Waals surface area contributed by atoms with Crippen LogP contribution in [0.25, 0.3) is 0 Å². The quantitative estimate of drug-likeness (QED) is 0.622. The molecule has 0 saturated heterocycles. The number of ether oxygens (including phenoxy) is 1. The van der Waals surface area contributed by atoms with Crippen LogP contribution >= 0.6 is 0 Å². The number of hydrogen-bond acceptors (Lipinski definition) is 3. The predicted molar refractivity (Wildman–Crippen MR) is 115 cm³/mol. The number of nitrogens with one attached hydrogen (secondary N) is 2. The lowest BCUT2D eigenvalue weighted by Crippen LogP contribution is -2.30. The molecule has 0 aromatic heterocycles. The summed E-state index contributed by atoms with van der Waals surface area (Å²) < 4.78 is 5.71. The van der Waals surface area contributed by atoms with Crippen molar-refractivity contribution < 1.29 is 14.3 Å². The third-order valence-electron chi connectivity index (χ3n) is 4.29. The van der Waals surface area contributed by atoms with E-state index in [2.05, 4.69) is 10.6 Å². The molecule has 0 radical (unpaired) electrons. The van der Waals surface area contributed by atoms with Crippen LogP contribution in [0, 0.1) is 6.92 Å². The summed E-state index contributed by atoms with van der Waals surface area (Å²) in [7, 11) is 0. The van der Waals surface area contributed by atoms with E-state index in [1.165, 1.54) is 0 Å². The van der Waals surface area contributed by atoms with Gasteiger partial charge in [0.1, 0.15) is 5.75 Å². The Hall–Kier alpha value is -3.60. The fraction of sp³-hybridized carbons (Fsp3) is 0.167. The van der Waals surface area contributed by atoms with Crippen LogP contribution in [-0.4, -0.2) is 17.9 Å². The van der Waals surface area contributed by atoms with Crippen molar-refractivity contribution in [2.45, 2.75) is 26.4 Å². The van der Waals surface area contributed by atoms with Gasteiger partial charge < -0.3 is 15.4 Å². The number of carbonyl (C=O) groups is 2. The Morgan fingerprint density at radius 2 is 1.55 bits per heavy atom. The van der Waals surface area contributed by atoms with Gasteiger partial charge in [-0.3, -0.25) is 9.59 Å². The van der Waals surface area contributed by atoms with Crippen molar-refractivity contribution in [3.8, 4) is 5.75 Å². The average Bonchev–Trinajstić information content (AvgIpc) is 2.69. The first kappa shape index (κ1) is 20.1. The van der Waals surface area contributed by atoms with Crippen LogP contribution < -0.4 is 15.4 Å². The zero-order chi connectivity index (χ0) is 20.6. The second-order valence-corrected chi connectivity index (χ2v) is 6.86. The number of rotatable bonds is 7. The van der Waals surface area contributed by atoms with Gasteiger partial charge in [-0.25, -0.2) is 0 Å². The van der Waals surface area contributed by atoms with Gasteiger partial charge in [-0.1, -0.05) is 48.5 Å². The van der Waals surface area contributed by atoms with E-state index in [9.17, 15) is 9.59 Å². The Bertz CT molecular complexity index is 986. The fourth-order valence-corrected chi connectivity index (χ4v) is 2.85. The molecule has 0 aliphatic heterocycles. The highest BCUT2D eigenvalue weighted by atomic mass is 16.5. The second kappa shape index (κ2) is 9.55.